The number of ether oxygens (including phenoxy) is 4. The number of esters is 4. The van der Waals surface area contributed by atoms with E-state index in [-0.39, 0.29) is 45.3 Å². The van der Waals surface area contributed by atoms with Gasteiger partial charge in [0.1, 0.15) is 17.2 Å². The molecule has 314 valence electrons. The van der Waals surface area contributed by atoms with Gasteiger partial charge in [-0.3, -0.25) is 0 Å². The van der Waals surface area contributed by atoms with Crippen LogP contribution >= 0.6 is 0 Å². The summed E-state index contributed by atoms with van der Waals surface area (Å²) in [6, 6.07) is 38.0. The van der Waals surface area contributed by atoms with Crippen molar-refractivity contribution in [3.05, 3.63) is 179 Å². The number of hydrogen-bond acceptors (Lipinski definition) is 9. The van der Waals surface area contributed by atoms with Crippen LogP contribution in [0.15, 0.2) is 140 Å². The highest BCUT2D eigenvalue weighted by Gasteiger charge is 2.18. The van der Waals surface area contributed by atoms with Crippen LogP contribution in [0.1, 0.15) is 117 Å². The average Bonchev–Trinajstić information content (AvgIpc) is 3.30. The van der Waals surface area contributed by atoms with E-state index in [0.29, 0.717) is 5.56 Å². The van der Waals surface area contributed by atoms with Gasteiger partial charge in [-0.05, 0) is 127 Å². The average molecular weight is 832 g/mol. The van der Waals surface area contributed by atoms with Crippen LogP contribution in [0.3, 0.4) is 0 Å². The molecular weight excluding hydrogens is 786 g/mol. The third-order valence-electron chi connectivity index (χ3n) is 10.1. The summed E-state index contributed by atoms with van der Waals surface area (Å²) in [7, 11) is 0. The molecule has 6 rings (SSSR count). The molecule has 6 aromatic rings. The molecule has 0 heterocycles. The van der Waals surface area contributed by atoms with Gasteiger partial charge in [0.2, 0.25) is 0 Å². The zero-order valence-corrected chi connectivity index (χ0v) is 34.4. The van der Waals surface area contributed by atoms with Gasteiger partial charge in [-0.25, -0.2) is 23.6 Å². The molecule has 0 radical (unpaired) electrons. The van der Waals surface area contributed by atoms with E-state index in [0.717, 1.165) is 23.6 Å². The van der Waals surface area contributed by atoms with Crippen molar-refractivity contribution >= 4 is 23.9 Å². The molecule has 0 aromatic heterocycles. The largest absolute Gasteiger partial charge is 0.423 e. The van der Waals surface area contributed by atoms with E-state index in [1.165, 1.54) is 148 Å². The number of carbonyl (C=O) groups is 4. The summed E-state index contributed by atoms with van der Waals surface area (Å²) in [6.45, 7) is 2.24. The normalized spacial score (nSPS) is 10.7. The van der Waals surface area contributed by atoms with Gasteiger partial charge in [0.25, 0.3) is 0 Å². The van der Waals surface area contributed by atoms with E-state index < -0.39 is 29.7 Å². The van der Waals surface area contributed by atoms with Crippen molar-refractivity contribution < 1.29 is 42.5 Å². The zero-order valence-electron chi connectivity index (χ0n) is 34.4. The number of nitriles is 1. The van der Waals surface area contributed by atoms with Gasteiger partial charge in [-0.2, -0.15) is 5.26 Å². The number of carbonyl (C=O) groups excluding carboxylic acids is 4. The summed E-state index contributed by atoms with van der Waals surface area (Å²) in [5.41, 5.74) is 4.01. The molecule has 0 fully saturated rings. The molecule has 0 atom stereocenters. The van der Waals surface area contributed by atoms with Crippen molar-refractivity contribution in [1.82, 2.24) is 0 Å². The number of hydrogen-bond donors (Lipinski definition) is 0. The van der Waals surface area contributed by atoms with Crippen LogP contribution in [0.25, 0.3) is 11.1 Å². The van der Waals surface area contributed by atoms with E-state index in [4.69, 9.17) is 24.2 Å². The maximum atomic E-state index is 15.1. The molecule has 0 aliphatic heterocycles. The summed E-state index contributed by atoms with van der Waals surface area (Å²) in [5.74, 6) is -3.99. The van der Waals surface area contributed by atoms with Crippen molar-refractivity contribution in [1.29, 1.82) is 5.26 Å². The Hall–Kier alpha value is -7.38. The fourth-order valence-corrected chi connectivity index (χ4v) is 6.61. The first-order chi connectivity index (χ1) is 30.2. The third-order valence-corrected chi connectivity index (χ3v) is 10.1. The standard InChI is InChI=1S/C52H46FNO8/c1-2-3-4-5-6-7-8-9-10-12-36-15-19-38(20-16-36)39-21-23-40(24-22-39)50(56)62-48-32-27-43(34-47(48)53)52(58)61-46-14-11-13-42(33-46)51(57)60-45-30-25-41(26-31-45)49(55)59-44-28-17-37(35-54)18-29-44/h11,13-34H,2-10,12H2,1H3. The summed E-state index contributed by atoms with van der Waals surface area (Å²) < 4.78 is 36.6. The van der Waals surface area contributed by atoms with Gasteiger partial charge in [0, 0.05) is 0 Å². The topological polar surface area (TPSA) is 129 Å². The number of halogens is 1. The van der Waals surface area contributed by atoms with Gasteiger partial charge in [0.15, 0.2) is 11.6 Å². The minimum atomic E-state index is -0.946. The van der Waals surface area contributed by atoms with Crippen LogP contribution in [-0.4, -0.2) is 23.9 Å². The van der Waals surface area contributed by atoms with Gasteiger partial charge >= 0.3 is 23.9 Å². The second-order valence-electron chi connectivity index (χ2n) is 14.7. The second-order valence-corrected chi connectivity index (χ2v) is 14.7. The van der Waals surface area contributed by atoms with Crippen LogP contribution in [0.2, 0.25) is 0 Å². The summed E-state index contributed by atoms with van der Waals surface area (Å²) in [5, 5.41) is 8.93. The lowest BCUT2D eigenvalue weighted by atomic mass is 10.00. The van der Waals surface area contributed by atoms with E-state index in [2.05, 4.69) is 31.2 Å². The Labute approximate surface area is 360 Å². The van der Waals surface area contributed by atoms with Gasteiger partial charge in [-0.15, -0.1) is 0 Å². The van der Waals surface area contributed by atoms with Gasteiger partial charge in [0.05, 0.1) is 33.9 Å². The van der Waals surface area contributed by atoms with Crippen molar-refractivity contribution in [3.8, 4) is 40.2 Å². The molecule has 6 aromatic carbocycles. The fraction of sp³-hybridized carbons (Fsp3) is 0.212. The van der Waals surface area contributed by atoms with Crippen LogP contribution in [-0.2, 0) is 6.42 Å². The molecule has 0 amide bonds. The molecule has 10 heteroatoms. The Balaban J connectivity index is 0.958. The number of nitrogens with zero attached hydrogens (tertiary/aromatic N) is 1. The van der Waals surface area contributed by atoms with Crippen molar-refractivity contribution in [3.63, 3.8) is 0 Å². The maximum absolute atomic E-state index is 15.1. The van der Waals surface area contributed by atoms with Crippen LogP contribution < -0.4 is 18.9 Å². The lowest BCUT2D eigenvalue weighted by Crippen LogP contribution is -2.13. The molecule has 62 heavy (non-hydrogen) atoms. The number of aryl methyl sites for hydroxylation is 1. The van der Waals surface area contributed by atoms with Crippen LogP contribution in [0.5, 0.6) is 23.0 Å². The second kappa shape index (κ2) is 22.3. The van der Waals surface area contributed by atoms with Crippen LogP contribution in [0, 0.1) is 17.1 Å². The molecule has 9 nitrogen and oxygen atoms in total. The van der Waals surface area contributed by atoms with Crippen molar-refractivity contribution in [2.45, 2.75) is 71.1 Å². The highest BCUT2D eigenvalue weighted by atomic mass is 19.1. The predicted molar refractivity (Wildman–Crippen MR) is 233 cm³/mol. The Bertz CT molecular complexity index is 2510. The Morgan fingerprint density at radius 3 is 1.53 bits per heavy atom. The summed E-state index contributed by atoms with van der Waals surface area (Å²) in [6.07, 6.45) is 12.8. The minimum Gasteiger partial charge on any atom is -0.423 e. The number of rotatable bonds is 19. The predicted octanol–water partition coefficient (Wildman–Crippen LogP) is 12.3. The highest BCUT2D eigenvalue weighted by molar-refractivity contribution is 5.95. The highest BCUT2D eigenvalue weighted by Crippen LogP contribution is 2.25. The molecule has 0 aliphatic carbocycles. The Morgan fingerprint density at radius 2 is 0.952 bits per heavy atom. The first-order valence-corrected chi connectivity index (χ1v) is 20.8. The Morgan fingerprint density at radius 1 is 0.484 bits per heavy atom. The first-order valence-electron chi connectivity index (χ1n) is 20.8. The first kappa shape index (κ1) is 44.2. The molecule has 0 spiro atoms. The smallest absolute Gasteiger partial charge is 0.343 e. The van der Waals surface area contributed by atoms with E-state index in [9.17, 15) is 19.2 Å². The molecule has 0 bridgehead atoms. The SMILES string of the molecule is CCCCCCCCCCCc1ccc(-c2ccc(C(=O)Oc3ccc(C(=O)Oc4cccc(C(=O)Oc5ccc(C(=O)Oc6ccc(C#N)cc6)cc5)c4)cc3F)cc2)cc1. The van der Waals surface area contributed by atoms with Crippen LogP contribution in [0.4, 0.5) is 4.39 Å². The number of benzene rings is 6. The van der Waals surface area contributed by atoms with E-state index in [1.54, 1.807) is 12.1 Å². The molecule has 0 unspecified atom stereocenters. The van der Waals surface area contributed by atoms with Gasteiger partial charge in [-0.1, -0.05) is 101 Å². The monoisotopic (exact) mass is 831 g/mol. The quantitative estimate of drug-likeness (QED) is 0.0445. The van der Waals surface area contributed by atoms with Gasteiger partial charge < -0.3 is 18.9 Å². The van der Waals surface area contributed by atoms with E-state index >= 15 is 4.39 Å². The molecule has 0 N–H and O–H groups in total. The van der Waals surface area contributed by atoms with Crippen molar-refractivity contribution in [2.24, 2.45) is 0 Å². The van der Waals surface area contributed by atoms with Crippen molar-refractivity contribution in [2.75, 3.05) is 0 Å². The lowest BCUT2D eigenvalue weighted by Gasteiger charge is -2.10. The lowest BCUT2D eigenvalue weighted by molar-refractivity contribution is 0.0711. The molecule has 0 saturated carbocycles. The molecule has 0 aliphatic rings. The number of unbranched alkanes of at least 4 members (excludes halogenated alkanes) is 8. The maximum Gasteiger partial charge on any atom is 0.343 e. The fourth-order valence-electron chi connectivity index (χ4n) is 6.61. The summed E-state index contributed by atoms with van der Waals surface area (Å²) in [4.78, 5) is 51.3. The Kier molecular flexibility index (Phi) is 15.9. The minimum absolute atomic E-state index is 0.00488. The molecule has 0 saturated heterocycles. The zero-order chi connectivity index (χ0) is 43.7. The molecular formula is C52H46FNO8. The third kappa shape index (κ3) is 12.8. The summed E-state index contributed by atoms with van der Waals surface area (Å²) >= 11 is 0. The van der Waals surface area contributed by atoms with E-state index in [1.807, 2.05) is 18.2 Å².